The summed E-state index contributed by atoms with van der Waals surface area (Å²) in [6, 6.07) is 0. The Kier molecular flexibility index (Phi) is 3.59. The van der Waals surface area contributed by atoms with E-state index in [4.69, 9.17) is 0 Å². The number of nitrogens with zero attached hydrogens (tertiary/aromatic N) is 3. The van der Waals surface area contributed by atoms with E-state index in [2.05, 4.69) is 6.92 Å². The van der Waals surface area contributed by atoms with Crippen molar-refractivity contribution < 1.29 is 4.79 Å². The second-order valence-corrected chi connectivity index (χ2v) is 5.28. The molecule has 1 amide bonds. The second-order valence-electron chi connectivity index (χ2n) is 5.28. The molecule has 1 saturated heterocycles. The first kappa shape index (κ1) is 13.6. The third-order valence-electron chi connectivity index (χ3n) is 3.75. The van der Waals surface area contributed by atoms with Crippen molar-refractivity contribution in [3.8, 4) is 0 Å². The minimum atomic E-state index is -0.522. The molecular formula is C13H19N3O3. The van der Waals surface area contributed by atoms with Crippen LogP contribution in [0.1, 0.15) is 30.1 Å². The number of aryl methyl sites for hydroxylation is 1. The minimum absolute atomic E-state index is 0.0687. The van der Waals surface area contributed by atoms with Crippen LogP contribution in [0, 0.1) is 5.92 Å². The van der Waals surface area contributed by atoms with E-state index in [1.165, 1.54) is 24.9 Å². The number of carbonyl (C=O) groups excluding carboxylic acids is 1. The molecule has 1 fully saturated rings. The van der Waals surface area contributed by atoms with E-state index < -0.39 is 11.2 Å². The maximum absolute atomic E-state index is 12.3. The third-order valence-corrected chi connectivity index (χ3v) is 3.75. The molecule has 0 spiro atoms. The van der Waals surface area contributed by atoms with Gasteiger partial charge in [-0.25, -0.2) is 4.79 Å². The fourth-order valence-electron chi connectivity index (χ4n) is 2.34. The quantitative estimate of drug-likeness (QED) is 0.715. The number of hydrogen-bond acceptors (Lipinski definition) is 3. The summed E-state index contributed by atoms with van der Waals surface area (Å²) in [6.07, 6.45) is 3.25. The van der Waals surface area contributed by atoms with Crippen molar-refractivity contribution >= 4 is 5.91 Å². The van der Waals surface area contributed by atoms with Crippen LogP contribution >= 0.6 is 0 Å². The Morgan fingerprint density at radius 1 is 1.21 bits per heavy atom. The summed E-state index contributed by atoms with van der Waals surface area (Å²) in [7, 11) is 2.93. The Labute approximate surface area is 111 Å². The first-order valence-corrected chi connectivity index (χ1v) is 6.47. The Bertz CT molecular complexity index is 607. The van der Waals surface area contributed by atoms with Crippen molar-refractivity contribution in [2.45, 2.75) is 19.8 Å². The summed E-state index contributed by atoms with van der Waals surface area (Å²) in [5.41, 5.74) is -0.875. The van der Waals surface area contributed by atoms with Crippen LogP contribution in [0.5, 0.6) is 0 Å². The lowest BCUT2D eigenvalue weighted by Gasteiger charge is -2.30. The van der Waals surface area contributed by atoms with Crippen molar-refractivity contribution in [2.75, 3.05) is 13.1 Å². The number of carbonyl (C=O) groups is 1. The summed E-state index contributed by atoms with van der Waals surface area (Å²) in [6.45, 7) is 3.51. The molecular weight excluding hydrogens is 246 g/mol. The van der Waals surface area contributed by atoms with Crippen LogP contribution in [0.2, 0.25) is 0 Å². The van der Waals surface area contributed by atoms with Crippen LogP contribution in [-0.4, -0.2) is 33.0 Å². The molecule has 0 saturated carbocycles. The number of rotatable bonds is 1. The van der Waals surface area contributed by atoms with Gasteiger partial charge in [0.2, 0.25) is 0 Å². The fourth-order valence-corrected chi connectivity index (χ4v) is 2.34. The molecule has 2 heterocycles. The highest BCUT2D eigenvalue weighted by molar-refractivity contribution is 5.93. The van der Waals surface area contributed by atoms with Crippen molar-refractivity contribution in [1.82, 2.24) is 14.0 Å². The minimum Gasteiger partial charge on any atom is -0.338 e. The maximum Gasteiger partial charge on any atom is 0.330 e. The molecule has 1 aliphatic rings. The van der Waals surface area contributed by atoms with E-state index in [9.17, 15) is 14.4 Å². The molecule has 2 rings (SSSR count). The SMILES string of the molecule is CC1CCN(C(=O)c2cn(C)c(=O)n(C)c2=O)CC1. The highest BCUT2D eigenvalue weighted by atomic mass is 16.2. The van der Waals surface area contributed by atoms with Gasteiger partial charge in [-0.15, -0.1) is 0 Å². The number of amides is 1. The van der Waals surface area contributed by atoms with E-state index >= 15 is 0 Å². The monoisotopic (exact) mass is 265 g/mol. The number of aromatic nitrogens is 2. The molecule has 6 heteroatoms. The first-order chi connectivity index (χ1) is 8.91. The zero-order valence-electron chi connectivity index (χ0n) is 11.5. The summed E-state index contributed by atoms with van der Waals surface area (Å²) < 4.78 is 2.24. The molecule has 19 heavy (non-hydrogen) atoms. The van der Waals surface area contributed by atoms with Gasteiger partial charge in [-0.1, -0.05) is 6.92 Å². The highest BCUT2D eigenvalue weighted by Crippen LogP contribution is 2.17. The van der Waals surface area contributed by atoms with E-state index in [0.717, 1.165) is 17.4 Å². The first-order valence-electron chi connectivity index (χ1n) is 6.47. The summed E-state index contributed by atoms with van der Waals surface area (Å²) >= 11 is 0. The summed E-state index contributed by atoms with van der Waals surface area (Å²) in [4.78, 5) is 37.6. The van der Waals surface area contributed by atoms with Gasteiger partial charge in [0.05, 0.1) is 0 Å². The number of likely N-dealkylation sites (tertiary alicyclic amines) is 1. The number of piperidine rings is 1. The van der Waals surface area contributed by atoms with Gasteiger partial charge in [0.15, 0.2) is 0 Å². The van der Waals surface area contributed by atoms with Crippen LogP contribution in [0.4, 0.5) is 0 Å². The fraction of sp³-hybridized carbons (Fsp3) is 0.615. The van der Waals surface area contributed by atoms with Crippen LogP contribution in [0.3, 0.4) is 0 Å². The topological polar surface area (TPSA) is 64.3 Å². The molecule has 0 atom stereocenters. The van der Waals surface area contributed by atoms with E-state index in [-0.39, 0.29) is 11.5 Å². The molecule has 0 aliphatic carbocycles. The predicted octanol–water partition coefficient (Wildman–Crippen LogP) is -0.0439. The van der Waals surface area contributed by atoms with Crippen molar-refractivity contribution in [1.29, 1.82) is 0 Å². The van der Waals surface area contributed by atoms with E-state index in [1.807, 2.05) is 0 Å². The average molecular weight is 265 g/mol. The Morgan fingerprint density at radius 2 is 1.79 bits per heavy atom. The smallest absolute Gasteiger partial charge is 0.330 e. The largest absolute Gasteiger partial charge is 0.338 e. The zero-order valence-corrected chi connectivity index (χ0v) is 11.5. The van der Waals surface area contributed by atoms with Crippen molar-refractivity contribution in [3.05, 3.63) is 32.6 Å². The maximum atomic E-state index is 12.3. The van der Waals surface area contributed by atoms with Gasteiger partial charge in [0, 0.05) is 33.4 Å². The molecule has 1 aliphatic heterocycles. The van der Waals surface area contributed by atoms with Crippen molar-refractivity contribution in [2.24, 2.45) is 20.0 Å². The third kappa shape index (κ3) is 2.47. The summed E-state index contributed by atoms with van der Waals surface area (Å²) in [5.74, 6) is 0.343. The Hall–Kier alpha value is -1.85. The molecule has 0 aromatic carbocycles. The molecule has 0 N–H and O–H groups in total. The van der Waals surface area contributed by atoms with Gasteiger partial charge < -0.3 is 9.47 Å². The lowest BCUT2D eigenvalue weighted by atomic mass is 9.99. The van der Waals surface area contributed by atoms with Crippen LogP contribution < -0.4 is 11.2 Å². The predicted molar refractivity (Wildman–Crippen MR) is 71.2 cm³/mol. The lowest BCUT2D eigenvalue weighted by Crippen LogP contribution is -2.45. The van der Waals surface area contributed by atoms with Crippen LogP contribution in [0.15, 0.2) is 15.8 Å². The summed E-state index contributed by atoms with van der Waals surface area (Å²) in [5, 5.41) is 0. The molecule has 0 radical (unpaired) electrons. The molecule has 1 aromatic rings. The molecule has 104 valence electrons. The Balaban J connectivity index is 2.35. The van der Waals surface area contributed by atoms with Gasteiger partial charge in [-0.05, 0) is 18.8 Å². The number of hydrogen-bond donors (Lipinski definition) is 0. The van der Waals surface area contributed by atoms with Crippen LogP contribution in [0.25, 0.3) is 0 Å². The Morgan fingerprint density at radius 3 is 2.37 bits per heavy atom. The van der Waals surface area contributed by atoms with Crippen LogP contribution in [-0.2, 0) is 14.1 Å². The van der Waals surface area contributed by atoms with Crippen molar-refractivity contribution in [3.63, 3.8) is 0 Å². The van der Waals surface area contributed by atoms with Gasteiger partial charge in [-0.2, -0.15) is 0 Å². The lowest BCUT2D eigenvalue weighted by molar-refractivity contribution is 0.0693. The van der Waals surface area contributed by atoms with E-state index in [0.29, 0.717) is 19.0 Å². The van der Waals surface area contributed by atoms with Gasteiger partial charge in [0.1, 0.15) is 5.56 Å². The zero-order chi connectivity index (χ0) is 14.2. The molecule has 6 nitrogen and oxygen atoms in total. The van der Waals surface area contributed by atoms with Gasteiger partial charge >= 0.3 is 5.69 Å². The van der Waals surface area contributed by atoms with Gasteiger partial charge in [-0.3, -0.25) is 14.2 Å². The highest BCUT2D eigenvalue weighted by Gasteiger charge is 2.24. The second kappa shape index (κ2) is 5.03. The molecule has 0 unspecified atom stereocenters. The molecule has 1 aromatic heterocycles. The van der Waals surface area contributed by atoms with Gasteiger partial charge in [0.25, 0.3) is 11.5 Å². The molecule has 0 bridgehead atoms. The standard InChI is InChI=1S/C13H19N3O3/c1-9-4-6-16(7-5-9)12(18)10-8-14(2)13(19)15(3)11(10)17/h8-9H,4-7H2,1-3H3. The van der Waals surface area contributed by atoms with E-state index in [1.54, 1.807) is 4.90 Å². The average Bonchev–Trinajstić information content (AvgIpc) is 2.40. The normalized spacial score (nSPS) is 16.7.